The van der Waals surface area contributed by atoms with Crippen LogP contribution in [0.1, 0.15) is 27.7 Å². The number of carboxylic acid groups (broad SMARTS) is 1. The zero-order chi connectivity index (χ0) is 16.0. The molecule has 0 heterocycles. The maximum absolute atomic E-state index is 11.9. The number of amides is 2. The number of rotatable bonds is 7. The van der Waals surface area contributed by atoms with Gasteiger partial charge in [0.2, 0.25) is 10.0 Å². The molecule has 0 aromatic heterocycles. The number of carbonyl (C=O) groups is 2. The summed E-state index contributed by atoms with van der Waals surface area (Å²) < 4.78 is 25.1. The van der Waals surface area contributed by atoms with Gasteiger partial charge >= 0.3 is 12.0 Å². The van der Waals surface area contributed by atoms with Crippen LogP contribution in [0.2, 0.25) is 0 Å². The van der Waals surface area contributed by atoms with E-state index < -0.39 is 34.1 Å². The normalized spacial score (nSPS) is 12.0. The van der Waals surface area contributed by atoms with Crippen LogP contribution in [0.4, 0.5) is 4.79 Å². The van der Waals surface area contributed by atoms with Crippen molar-refractivity contribution in [2.75, 3.05) is 25.4 Å². The van der Waals surface area contributed by atoms with Crippen LogP contribution in [0, 0.1) is 0 Å². The largest absolute Gasteiger partial charge is 0.480 e. The topological polar surface area (TPSA) is 116 Å². The van der Waals surface area contributed by atoms with Crippen LogP contribution >= 0.6 is 0 Å². The number of hydrogen-bond acceptors (Lipinski definition) is 4. The van der Waals surface area contributed by atoms with Gasteiger partial charge in [-0.3, -0.25) is 4.79 Å². The fourth-order valence-corrected chi connectivity index (χ4v) is 2.38. The summed E-state index contributed by atoms with van der Waals surface area (Å²) in [6.45, 7) is 6.50. The van der Waals surface area contributed by atoms with E-state index in [1.165, 1.54) is 0 Å². The molecule has 0 unspecified atom stereocenters. The Balaban J connectivity index is 4.53. The van der Waals surface area contributed by atoms with E-state index in [0.29, 0.717) is 0 Å². The lowest BCUT2D eigenvalue weighted by Gasteiger charge is -2.34. The minimum atomic E-state index is -3.41. The van der Waals surface area contributed by atoms with Crippen LogP contribution in [0.25, 0.3) is 0 Å². The average molecular weight is 309 g/mol. The number of hydrogen-bond donors (Lipinski definition) is 3. The summed E-state index contributed by atoms with van der Waals surface area (Å²) in [4.78, 5) is 23.8. The van der Waals surface area contributed by atoms with Crippen LogP contribution in [-0.4, -0.2) is 61.4 Å². The van der Waals surface area contributed by atoms with Crippen molar-refractivity contribution < 1.29 is 23.1 Å². The van der Waals surface area contributed by atoms with Gasteiger partial charge in [0.15, 0.2) is 0 Å². The van der Waals surface area contributed by atoms with Crippen LogP contribution in [0.15, 0.2) is 0 Å². The Hall–Kier alpha value is -1.35. The summed E-state index contributed by atoms with van der Waals surface area (Å²) in [6, 6.07) is -0.605. The number of nitrogens with one attached hydrogen (secondary N) is 2. The third kappa shape index (κ3) is 7.29. The van der Waals surface area contributed by atoms with Gasteiger partial charge in [-0.15, -0.1) is 0 Å². The molecule has 0 rings (SSSR count). The predicted molar refractivity (Wildman–Crippen MR) is 75.0 cm³/mol. The number of urea groups is 1. The molecule has 0 saturated heterocycles. The minimum Gasteiger partial charge on any atom is -0.480 e. The van der Waals surface area contributed by atoms with Crippen molar-refractivity contribution in [1.82, 2.24) is 14.9 Å². The Bertz CT molecular complexity index is 441. The Labute approximate surface area is 119 Å². The molecule has 0 aliphatic heterocycles. The monoisotopic (exact) mass is 309 g/mol. The molecule has 8 nitrogen and oxygen atoms in total. The number of carboxylic acids is 1. The quantitative estimate of drug-likeness (QED) is 0.603. The first-order valence-corrected chi connectivity index (χ1v) is 7.89. The smallest absolute Gasteiger partial charge is 0.323 e. The molecule has 0 aromatic rings. The molecule has 9 heteroatoms. The van der Waals surface area contributed by atoms with Crippen molar-refractivity contribution in [2.24, 2.45) is 0 Å². The molecule has 0 radical (unpaired) electrons. The maximum Gasteiger partial charge on any atom is 0.323 e. The van der Waals surface area contributed by atoms with Gasteiger partial charge in [0.1, 0.15) is 6.54 Å². The van der Waals surface area contributed by atoms with Crippen molar-refractivity contribution in [3.63, 3.8) is 0 Å². The molecule has 0 atom stereocenters. The fraction of sp³-hybridized carbons (Fsp3) is 0.818. The minimum absolute atomic E-state index is 0.0830. The SMILES string of the molecule is CCNS(=O)(=O)CCNC(=O)N(CC(=O)O)C(C)(C)C. The summed E-state index contributed by atoms with van der Waals surface area (Å²) >= 11 is 0. The van der Waals surface area contributed by atoms with Gasteiger partial charge in [-0.1, -0.05) is 6.92 Å². The standard InChI is InChI=1S/C11H23N3O5S/c1-5-13-20(18,19)7-6-12-10(17)14(8-9(15)16)11(2,3)4/h13H,5-8H2,1-4H3,(H,12,17)(H,15,16). The van der Waals surface area contributed by atoms with Gasteiger partial charge < -0.3 is 15.3 Å². The molecule has 118 valence electrons. The molecule has 3 N–H and O–H groups in total. The summed E-state index contributed by atoms with van der Waals surface area (Å²) in [5, 5.41) is 11.2. The lowest BCUT2D eigenvalue weighted by molar-refractivity contribution is -0.138. The number of carbonyl (C=O) groups excluding carboxylic acids is 1. The number of sulfonamides is 1. The zero-order valence-corrected chi connectivity index (χ0v) is 13.1. The van der Waals surface area contributed by atoms with E-state index in [9.17, 15) is 18.0 Å². The van der Waals surface area contributed by atoms with Crippen LogP contribution in [0.5, 0.6) is 0 Å². The van der Waals surface area contributed by atoms with E-state index in [1.54, 1.807) is 27.7 Å². The molecule has 0 aromatic carbocycles. The zero-order valence-electron chi connectivity index (χ0n) is 12.3. The highest BCUT2D eigenvalue weighted by atomic mass is 32.2. The van der Waals surface area contributed by atoms with Gasteiger partial charge in [-0.2, -0.15) is 0 Å². The van der Waals surface area contributed by atoms with E-state index in [0.717, 1.165) is 4.90 Å². The van der Waals surface area contributed by atoms with E-state index >= 15 is 0 Å². The predicted octanol–water partition coefficient (Wildman–Crippen LogP) is -0.180. The molecule has 0 saturated carbocycles. The van der Waals surface area contributed by atoms with E-state index in [1.807, 2.05) is 0 Å². The van der Waals surface area contributed by atoms with Gasteiger partial charge in [0.25, 0.3) is 0 Å². The van der Waals surface area contributed by atoms with Gasteiger partial charge in [0, 0.05) is 18.6 Å². The first-order valence-electron chi connectivity index (χ1n) is 6.24. The third-order valence-electron chi connectivity index (χ3n) is 2.36. The first-order chi connectivity index (χ1) is 8.99. The van der Waals surface area contributed by atoms with Crippen molar-refractivity contribution in [3.8, 4) is 0 Å². The second-order valence-corrected chi connectivity index (χ2v) is 7.13. The second kappa shape index (κ2) is 7.44. The molecular weight excluding hydrogens is 286 g/mol. The second-order valence-electron chi connectivity index (χ2n) is 5.20. The van der Waals surface area contributed by atoms with Crippen molar-refractivity contribution >= 4 is 22.0 Å². The number of aliphatic carboxylic acids is 1. The molecule has 0 aliphatic carbocycles. The summed E-state index contributed by atoms with van der Waals surface area (Å²) in [6.07, 6.45) is 0. The Morgan fingerprint density at radius 1 is 1.25 bits per heavy atom. The van der Waals surface area contributed by atoms with Crippen molar-refractivity contribution in [3.05, 3.63) is 0 Å². The molecule has 0 spiro atoms. The van der Waals surface area contributed by atoms with Gasteiger partial charge in [-0.25, -0.2) is 17.9 Å². The molecule has 20 heavy (non-hydrogen) atoms. The van der Waals surface area contributed by atoms with Crippen molar-refractivity contribution in [1.29, 1.82) is 0 Å². The molecular formula is C11H23N3O5S. The van der Waals surface area contributed by atoms with E-state index in [4.69, 9.17) is 5.11 Å². The summed E-state index contributed by atoms with van der Waals surface area (Å²) in [5.41, 5.74) is -0.678. The fourth-order valence-electron chi connectivity index (χ4n) is 1.43. The van der Waals surface area contributed by atoms with Crippen molar-refractivity contribution in [2.45, 2.75) is 33.2 Å². The Kier molecular flexibility index (Phi) is 6.94. The maximum atomic E-state index is 11.9. The van der Waals surface area contributed by atoms with E-state index in [-0.39, 0.29) is 18.8 Å². The summed E-state index contributed by atoms with van der Waals surface area (Å²) in [5.74, 6) is -1.38. The Morgan fingerprint density at radius 2 is 1.80 bits per heavy atom. The molecule has 0 bridgehead atoms. The van der Waals surface area contributed by atoms with Crippen LogP contribution in [-0.2, 0) is 14.8 Å². The first kappa shape index (κ1) is 18.7. The highest BCUT2D eigenvalue weighted by molar-refractivity contribution is 7.89. The van der Waals surface area contributed by atoms with Gasteiger partial charge in [-0.05, 0) is 20.8 Å². The number of nitrogens with zero attached hydrogens (tertiary/aromatic N) is 1. The molecule has 0 aliphatic rings. The highest BCUT2D eigenvalue weighted by Crippen LogP contribution is 2.12. The van der Waals surface area contributed by atoms with Crippen LogP contribution in [0.3, 0.4) is 0 Å². The summed E-state index contributed by atoms with van der Waals surface area (Å²) in [7, 11) is -3.41. The Morgan fingerprint density at radius 3 is 2.20 bits per heavy atom. The lowest BCUT2D eigenvalue weighted by Crippen LogP contribution is -2.53. The highest BCUT2D eigenvalue weighted by Gasteiger charge is 2.28. The molecule has 2 amide bonds. The van der Waals surface area contributed by atoms with Gasteiger partial charge in [0.05, 0.1) is 5.75 Å². The molecule has 0 fully saturated rings. The average Bonchev–Trinajstić information content (AvgIpc) is 2.23. The third-order valence-corrected chi connectivity index (χ3v) is 3.83. The lowest BCUT2D eigenvalue weighted by atomic mass is 10.1. The van der Waals surface area contributed by atoms with E-state index in [2.05, 4.69) is 10.0 Å². The van der Waals surface area contributed by atoms with Crippen LogP contribution < -0.4 is 10.0 Å².